The minimum Gasteiger partial charge on any atom is -0.376 e. The van der Waals surface area contributed by atoms with Gasteiger partial charge in [-0.15, -0.1) is 0 Å². The van der Waals surface area contributed by atoms with Gasteiger partial charge in [-0.2, -0.15) is 0 Å². The summed E-state index contributed by atoms with van der Waals surface area (Å²) in [7, 11) is 0. The van der Waals surface area contributed by atoms with Crippen molar-refractivity contribution >= 4 is 33.7 Å². The lowest BCUT2D eigenvalue weighted by atomic mass is 10.1. The van der Waals surface area contributed by atoms with Gasteiger partial charge in [0.05, 0.1) is 23.8 Å². The summed E-state index contributed by atoms with van der Waals surface area (Å²) in [5.74, 6) is -1.59. The van der Waals surface area contributed by atoms with E-state index in [2.05, 4.69) is 21.2 Å². The summed E-state index contributed by atoms with van der Waals surface area (Å²) in [6.45, 7) is 0.993. The van der Waals surface area contributed by atoms with Crippen LogP contribution in [0.4, 0.5) is 4.39 Å². The topological polar surface area (TPSA) is 75.7 Å². The van der Waals surface area contributed by atoms with Gasteiger partial charge in [-0.25, -0.2) is 4.39 Å². The first-order chi connectivity index (χ1) is 13.9. The van der Waals surface area contributed by atoms with Crippen molar-refractivity contribution in [2.24, 2.45) is 0 Å². The molecule has 3 amide bonds. The molecule has 2 aromatic rings. The summed E-state index contributed by atoms with van der Waals surface area (Å²) in [4.78, 5) is 38.9. The molecule has 0 spiro atoms. The number of ether oxygens (including phenoxy) is 1. The molecule has 2 aromatic carbocycles. The molecular weight excluding hydrogens is 443 g/mol. The van der Waals surface area contributed by atoms with Crippen LogP contribution in [0.15, 0.2) is 40.9 Å². The van der Waals surface area contributed by atoms with Gasteiger partial charge in [0.25, 0.3) is 17.7 Å². The molecule has 1 saturated heterocycles. The van der Waals surface area contributed by atoms with Crippen LogP contribution in [0.2, 0.25) is 0 Å². The maximum absolute atomic E-state index is 13.5. The monoisotopic (exact) mass is 460 g/mol. The second kappa shape index (κ2) is 8.04. The zero-order chi connectivity index (χ0) is 20.5. The van der Waals surface area contributed by atoms with Crippen molar-refractivity contribution < 1.29 is 23.5 Å². The standard InChI is InChI=1S/C21H18BrFN2O4/c22-14-6-12(7-15(23)9-14)10-24-19(26)13-3-4-17-18(8-13)21(28)25(20(17)27)11-16-2-1-5-29-16/h3-4,6-9,16H,1-2,5,10-11H2,(H,24,26). The van der Waals surface area contributed by atoms with E-state index in [1.807, 2.05) is 0 Å². The van der Waals surface area contributed by atoms with E-state index in [0.29, 0.717) is 22.2 Å². The Labute approximate surface area is 175 Å². The van der Waals surface area contributed by atoms with E-state index in [4.69, 9.17) is 4.74 Å². The Bertz CT molecular complexity index is 984. The Morgan fingerprint density at radius 2 is 1.97 bits per heavy atom. The highest BCUT2D eigenvalue weighted by atomic mass is 79.9. The third kappa shape index (κ3) is 4.09. The zero-order valence-corrected chi connectivity index (χ0v) is 17.0. The quantitative estimate of drug-likeness (QED) is 0.694. The van der Waals surface area contributed by atoms with Crippen LogP contribution in [0, 0.1) is 5.82 Å². The largest absolute Gasteiger partial charge is 0.376 e. The Morgan fingerprint density at radius 1 is 1.17 bits per heavy atom. The molecule has 0 saturated carbocycles. The number of nitrogens with one attached hydrogen (secondary N) is 1. The molecule has 150 valence electrons. The van der Waals surface area contributed by atoms with Gasteiger partial charge in [0.15, 0.2) is 0 Å². The molecule has 2 aliphatic rings. The van der Waals surface area contributed by atoms with Crippen molar-refractivity contribution in [1.82, 2.24) is 10.2 Å². The van der Waals surface area contributed by atoms with Crippen molar-refractivity contribution in [1.29, 1.82) is 0 Å². The highest BCUT2D eigenvalue weighted by Crippen LogP contribution is 2.26. The van der Waals surface area contributed by atoms with Crippen molar-refractivity contribution in [3.05, 3.63) is 68.9 Å². The van der Waals surface area contributed by atoms with Crippen molar-refractivity contribution in [2.75, 3.05) is 13.2 Å². The molecule has 1 atom stereocenters. The Balaban J connectivity index is 1.47. The van der Waals surface area contributed by atoms with E-state index >= 15 is 0 Å². The van der Waals surface area contributed by atoms with Gasteiger partial charge in [-0.3, -0.25) is 19.3 Å². The lowest BCUT2D eigenvalue weighted by Gasteiger charge is -2.17. The molecule has 0 bridgehead atoms. The first-order valence-corrected chi connectivity index (χ1v) is 10.1. The second-order valence-electron chi connectivity index (χ2n) is 7.08. The van der Waals surface area contributed by atoms with Crippen LogP contribution < -0.4 is 5.32 Å². The third-order valence-electron chi connectivity index (χ3n) is 5.02. The first-order valence-electron chi connectivity index (χ1n) is 9.27. The average Bonchev–Trinajstić information content (AvgIpc) is 3.28. The van der Waals surface area contributed by atoms with E-state index in [1.165, 1.54) is 35.2 Å². The summed E-state index contributed by atoms with van der Waals surface area (Å²) in [5, 5.41) is 2.70. The van der Waals surface area contributed by atoms with Gasteiger partial charge in [-0.05, 0) is 54.8 Å². The second-order valence-corrected chi connectivity index (χ2v) is 7.99. The number of hydrogen-bond donors (Lipinski definition) is 1. The normalized spacial score (nSPS) is 18.3. The lowest BCUT2D eigenvalue weighted by molar-refractivity contribution is 0.0475. The van der Waals surface area contributed by atoms with Crippen LogP contribution >= 0.6 is 15.9 Å². The number of amides is 3. The zero-order valence-electron chi connectivity index (χ0n) is 15.4. The fourth-order valence-electron chi connectivity index (χ4n) is 3.59. The first kappa shape index (κ1) is 19.7. The molecule has 6 nitrogen and oxygen atoms in total. The number of rotatable bonds is 5. The summed E-state index contributed by atoms with van der Waals surface area (Å²) < 4.78 is 19.6. The number of benzene rings is 2. The number of fused-ring (bicyclic) bond motifs is 1. The molecule has 8 heteroatoms. The molecule has 1 fully saturated rings. The van der Waals surface area contributed by atoms with Gasteiger partial charge < -0.3 is 10.1 Å². The molecule has 0 aromatic heterocycles. The van der Waals surface area contributed by atoms with Crippen molar-refractivity contribution in [3.63, 3.8) is 0 Å². The molecular formula is C21H18BrFN2O4. The number of nitrogens with zero attached hydrogens (tertiary/aromatic N) is 1. The SMILES string of the molecule is O=C(NCc1cc(F)cc(Br)c1)c1ccc2c(c1)C(=O)N(CC1CCCO1)C2=O. The smallest absolute Gasteiger partial charge is 0.261 e. The highest BCUT2D eigenvalue weighted by molar-refractivity contribution is 9.10. The minimum absolute atomic E-state index is 0.129. The van der Waals surface area contributed by atoms with Gasteiger partial charge in [0.2, 0.25) is 0 Å². The summed E-state index contributed by atoms with van der Waals surface area (Å²) in [6, 6.07) is 8.81. The average molecular weight is 461 g/mol. The predicted octanol–water partition coefficient (Wildman–Crippen LogP) is 3.29. The molecule has 1 unspecified atom stereocenters. The van der Waals surface area contributed by atoms with E-state index in [0.717, 1.165) is 12.8 Å². The fourth-order valence-corrected chi connectivity index (χ4v) is 4.10. The molecule has 0 aliphatic carbocycles. The molecule has 1 N–H and O–H groups in total. The minimum atomic E-state index is -0.413. The fraction of sp³-hybridized carbons (Fsp3) is 0.286. The van der Waals surface area contributed by atoms with Crippen molar-refractivity contribution in [2.45, 2.75) is 25.5 Å². The Morgan fingerprint density at radius 3 is 2.69 bits per heavy atom. The number of imide groups is 1. The number of halogens is 2. The molecule has 4 rings (SSSR count). The van der Waals surface area contributed by atoms with Crippen molar-refractivity contribution in [3.8, 4) is 0 Å². The Kier molecular flexibility index (Phi) is 5.47. The molecule has 0 radical (unpaired) electrons. The summed E-state index contributed by atoms with van der Waals surface area (Å²) in [6.07, 6.45) is 1.60. The maximum atomic E-state index is 13.5. The molecule has 29 heavy (non-hydrogen) atoms. The van der Waals surface area contributed by atoms with Gasteiger partial charge in [0, 0.05) is 23.2 Å². The van der Waals surface area contributed by atoms with Crippen LogP contribution in [0.5, 0.6) is 0 Å². The van der Waals surface area contributed by atoms with Gasteiger partial charge in [0.1, 0.15) is 5.82 Å². The van der Waals surface area contributed by atoms with E-state index in [-0.39, 0.29) is 36.2 Å². The highest BCUT2D eigenvalue weighted by Gasteiger charge is 2.37. The molecule has 2 heterocycles. The predicted molar refractivity (Wildman–Crippen MR) is 106 cm³/mol. The lowest BCUT2D eigenvalue weighted by Crippen LogP contribution is -2.36. The maximum Gasteiger partial charge on any atom is 0.261 e. The Hall–Kier alpha value is -2.58. The molecule has 2 aliphatic heterocycles. The third-order valence-corrected chi connectivity index (χ3v) is 5.48. The van der Waals surface area contributed by atoms with Gasteiger partial charge in [-0.1, -0.05) is 15.9 Å². The van der Waals surface area contributed by atoms with E-state index < -0.39 is 17.6 Å². The van der Waals surface area contributed by atoms with Crippen LogP contribution in [0.1, 0.15) is 49.5 Å². The van der Waals surface area contributed by atoms with Gasteiger partial charge >= 0.3 is 0 Å². The number of carbonyl (C=O) groups is 3. The van der Waals surface area contributed by atoms with Crippen LogP contribution in [-0.2, 0) is 11.3 Å². The van der Waals surface area contributed by atoms with Crippen LogP contribution in [0.25, 0.3) is 0 Å². The summed E-state index contributed by atoms with van der Waals surface area (Å²) in [5.41, 5.74) is 1.37. The van der Waals surface area contributed by atoms with E-state index in [1.54, 1.807) is 6.07 Å². The van der Waals surface area contributed by atoms with Crippen LogP contribution in [0.3, 0.4) is 0 Å². The number of carbonyl (C=O) groups excluding carboxylic acids is 3. The van der Waals surface area contributed by atoms with E-state index in [9.17, 15) is 18.8 Å². The van der Waals surface area contributed by atoms with Crippen LogP contribution in [-0.4, -0.2) is 41.9 Å². The summed E-state index contributed by atoms with van der Waals surface area (Å²) >= 11 is 3.21. The number of hydrogen-bond acceptors (Lipinski definition) is 4.